The highest BCUT2D eigenvalue weighted by atomic mass is 79.9. The van der Waals surface area contributed by atoms with Gasteiger partial charge in [0.1, 0.15) is 11.5 Å². The van der Waals surface area contributed by atoms with Crippen molar-refractivity contribution in [2.75, 3.05) is 0 Å². The summed E-state index contributed by atoms with van der Waals surface area (Å²) in [7, 11) is 0. The van der Waals surface area contributed by atoms with E-state index in [0.29, 0.717) is 6.54 Å². The highest BCUT2D eigenvalue weighted by molar-refractivity contribution is 9.10. The van der Waals surface area contributed by atoms with Crippen molar-refractivity contribution in [2.24, 2.45) is 5.73 Å². The molecule has 2 aromatic carbocycles. The van der Waals surface area contributed by atoms with Gasteiger partial charge < -0.3 is 10.5 Å². The van der Waals surface area contributed by atoms with Crippen LogP contribution in [0.3, 0.4) is 0 Å². The number of ether oxygens (including phenoxy) is 1. The number of halogens is 1. The second kappa shape index (κ2) is 5.98. The molecule has 3 heteroatoms. The SMILES string of the molecule is NCc1c(Br)cccc1Oc1ccc2c(c1)CCCC2. The molecule has 0 aromatic heterocycles. The molecular weight excluding hydrogens is 314 g/mol. The number of benzene rings is 2. The van der Waals surface area contributed by atoms with E-state index in [1.54, 1.807) is 0 Å². The van der Waals surface area contributed by atoms with Crippen molar-refractivity contribution in [1.29, 1.82) is 0 Å². The monoisotopic (exact) mass is 331 g/mol. The van der Waals surface area contributed by atoms with E-state index < -0.39 is 0 Å². The first-order valence-electron chi connectivity index (χ1n) is 7.05. The van der Waals surface area contributed by atoms with Gasteiger partial charge in [-0.25, -0.2) is 0 Å². The van der Waals surface area contributed by atoms with Crippen LogP contribution in [0.15, 0.2) is 40.9 Å². The molecule has 1 aliphatic carbocycles. The van der Waals surface area contributed by atoms with Gasteiger partial charge in [0.15, 0.2) is 0 Å². The van der Waals surface area contributed by atoms with Gasteiger partial charge in [0.05, 0.1) is 0 Å². The van der Waals surface area contributed by atoms with Crippen molar-refractivity contribution in [2.45, 2.75) is 32.2 Å². The lowest BCUT2D eigenvalue weighted by atomic mass is 9.92. The molecule has 3 rings (SSSR count). The summed E-state index contributed by atoms with van der Waals surface area (Å²) in [4.78, 5) is 0. The minimum Gasteiger partial charge on any atom is -0.457 e. The Morgan fingerprint density at radius 1 is 1.05 bits per heavy atom. The van der Waals surface area contributed by atoms with Crippen LogP contribution in [0, 0.1) is 0 Å². The Hall–Kier alpha value is -1.32. The molecule has 0 saturated heterocycles. The maximum atomic E-state index is 6.04. The molecule has 0 radical (unpaired) electrons. The van der Waals surface area contributed by atoms with E-state index in [1.165, 1.54) is 30.4 Å². The molecule has 0 amide bonds. The smallest absolute Gasteiger partial charge is 0.133 e. The zero-order valence-corrected chi connectivity index (χ0v) is 12.9. The Morgan fingerprint density at radius 3 is 2.65 bits per heavy atom. The van der Waals surface area contributed by atoms with Crippen molar-refractivity contribution in [1.82, 2.24) is 0 Å². The van der Waals surface area contributed by atoms with E-state index in [9.17, 15) is 0 Å². The van der Waals surface area contributed by atoms with Gasteiger partial charge in [-0.05, 0) is 61.1 Å². The fraction of sp³-hybridized carbons (Fsp3) is 0.294. The molecule has 2 aromatic rings. The lowest BCUT2D eigenvalue weighted by Crippen LogP contribution is -2.03. The molecule has 0 atom stereocenters. The molecule has 20 heavy (non-hydrogen) atoms. The fourth-order valence-corrected chi connectivity index (χ4v) is 3.24. The minimum absolute atomic E-state index is 0.460. The van der Waals surface area contributed by atoms with Crippen LogP contribution in [-0.4, -0.2) is 0 Å². The fourth-order valence-electron chi connectivity index (χ4n) is 2.73. The van der Waals surface area contributed by atoms with Crippen LogP contribution in [0.2, 0.25) is 0 Å². The highest BCUT2D eigenvalue weighted by Gasteiger charge is 2.12. The molecule has 0 unspecified atom stereocenters. The number of fused-ring (bicyclic) bond motifs is 1. The van der Waals surface area contributed by atoms with Crippen molar-refractivity contribution in [3.05, 3.63) is 57.6 Å². The number of hydrogen-bond acceptors (Lipinski definition) is 2. The van der Waals surface area contributed by atoms with Gasteiger partial charge in [0.25, 0.3) is 0 Å². The summed E-state index contributed by atoms with van der Waals surface area (Å²) < 4.78 is 7.03. The molecule has 2 N–H and O–H groups in total. The standard InChI is InChI=1S/C17H18BrNO/c18-16-6-3-7-17(15(16)11-19)20-14-9-8-12-4-1-2-5-13(12)10-14/h3,6-10H,1-2,4-5,11,19H2. The van der Waals surface area contributed by atoms with Crippen molar-refractivity contribution >= 4 is 15.9 Å². The van der Waals surface area contributed by atoms with Gasteiger partial charge in [-0.15, -0.1) is 0 Å². The maximum Gasteiger partial charge on any atom is 0.133 e. The first-order valence-corrected chi connectivity index (χ1v) is 7.84. The van der Waals surface area contributed by atoms with Gasteiger partial charge >= 0.3 is 0 Å². The first kappa shape index (κ1) is 13.7. The third-order valence-electron chi connectivity index (χ3n) is 3.83. The largest absolute Gasteiger partial charge is 0.457 e. The molecule has 104 valence electrons. The second-order valence-electron chi connectivity index (χ2n) is 5.16. The minimum atomic E-state index is 0.460. The van der Waals surface area contributed by atoms with Gasteiger partial charge in [0.2, 0.25) is 0 Å². The molecular formula is C17H18BrNO. The van der Waals surface area contributed by atoms with Crippen molar-refractivity contribution < 1.29 is 4.74 Å². The number of hydrogen-bond donors (Lipinski definition) is 1. The summed E-state index contributed by atoms with van der Waals surface area (Å²) in [6, 6.07) is 12.4. The van der Waals surface area contributed by atoms with E-state index in [0.717, 1.165) is 28.0 Å². The van der Waals surface area contributed by atoms with Gasteiger partial charge in [-0.3, -0.25) is 0 Å². The topological polar surface area (TPSA) is 35.2 Å². The van der Waals surface area contributed by atoms with Gasteiger partial charge in [-0.1, -0.05) is 28.1 Å². The van der Waals surface area contributed by atoms with E-state index in [-0.39, 0.29) is 0 Å². The van der Waals surface area contributed by atoms with E-state index in [2.05, 4.69) is 34.1 Å². The zero-order chi connectivity index (χ0) is 13.9. The second-order valence-corrected chi connectivity index (χ2v) is 6.01. The van der Waals surface area contributed by atoms with E-state index >= 15 is 0 Å². The number of nitrogens with two attached hydrogens (primary N) is 1. The highest BCUT2D eigenvalue weighted by Crippen LogP contribution is 2.32. The Balaban J connectivity index is 1.90. The van der Waals surface area contributed by atoms with Crippen LogP contribution >= 0.6 is 15.9 Å². The van der Waals surface area contributed by atoms with Crippen LogP contribution in [-0.2, 0) is 19.4 Å². The van der Waals surface area contributed by atoms with Crippen LogP contribution in [0.4, 0.5) is 0 Å². The average Bonchev–Trinajstić information content (AvgIpc) is 2.47. The summed E-state index contributed by atoms with van der Waals surface area (Å²) in [5.74, 6) is 1.73. The Labute approximate surface area is 128 Å². The van der Waals surface area contributed by atoms with E-state index in [4.69, 9.17) is 10.5 Å². The summed E-state index contributed by atoms with van der Waals surface area (Å²) in [5, 5.41) is 0. The Morgan fingerprint density at radius 2 is 1.85 bits per heavy atom. The third kappa shape index (κ3) is 2.74. The summed E-state index contributed by atoms with van der Waals surface area (Å²) in [6.45, 7) is 0.460. The average molecular weight is 332 g/mol. The molecule has 0 heterocycles. The first-order chi connectivity index (χ1) is 9.78. The Bertz CT molecular complexity index is 624. The lowest BCUT2D eigenvalue weighted by Gasteiger charge is -2.17. The van der Waals surface area contributed by atoms with Crippen LogP contribution < -0.4 is 10.5 Å². The third-order valence-corrected chi connectivity index (χ3v) is 4.57. The summed E-state index contributed by atoms with van der Waals surface area (Å²) in [6.07, 6.45) is 4.94. The number of aryl methyl sites for hydroxylation is 2. The number of rotatable bonds is 3. The zero-order valence-electron chi connectivity index (χ0n) is 11.4. The lowest BCUT2D eigenvalue weighted by molar-refractivity contribution is 0.474. The maximum absolute atomic E-state index is 6.04. The Kier molecular flexibility index (Phi) is 4.08. The van der Waals surface area contributed by atoms with Crippen LogP contribution in [0.1, 0.15) is 29.5 Å². The van der Waals surface area contributed by atoms with E-state index in [1.807, 2.05) is 18.2 Å². The molecule has 0 bridgehead atoms. The normalized spacial score (nSPS) is 13.9. The summed E-state index contributed by atoms with van der Waals surface area (Å²) >= 11 is 3.52. The van der Waals surface area contributed by atoms with Crippen molar-refractivity contribution in [3.8, 4) is 11.5 Å². The van der Waals surface area contributed by atoms with Gasteiger partial charge in [0, 0.05) is 16.6 Å². The quantitative estimate of drug-likeness (QED) is 0.893. The summed E-state index contributed by atoms with van der Waals surface area (Å²) in [5.41, 5.74) is 9.71. The molecule has 0 saturated carbocycles. The van der Waals surface area contributed by atoms with Gasteiger partial charge in [-0.2, -0.15) is 0 Å². The van der Waals surface area contributed by atoms with Crippen molar-refractivity contribution in [3.63, 3.8) is 0 Å². The van der Waals surface area contributed by atoms with Crippen LogP contribution in [0.5, 0.6) is 11.5 Å². The molecule has 1 aliphatic rings. The predicted molar refractivity (Wildman–Crippen MR) is 85.2 cm³/mol. The molecule has 0 aliphatic heterocycles. The molecule has 2 nitrogen and oxygen atoms in total. The predicted octanol–water partition coefficient (Wildman–Crippen LogP) is 4.58. The van der Waals surface area contributed by atoms with Crippen LogP contribution in [0.25, 0.3) is 0 Å². The molecule has 0 fully saturated rings. The molecule has 0 spiro atoms.